The Morgan fingerprint density at radius 1 is 0.941 bits per heavy atom. The van der Waals surface area contributed by atoms with Gasteiger partial charge in [-0.1, -0.05) is 25.0 Å². The maximum atomic E-state index is 13.5. The molecule has 9 heteroatoms. The number of fused-ring (bicyclic) bond motifs is 1. The molecule has 0 N–H and O–H groups in total. The van der Waals surface area contributed by atoms with Gasteiger partial charge in [0.15, 0.2) is 5.82 Å². The topological polar surface area (TPSA) is 88.5 Å². The van der Waals surface area contributed by atoms with Crippen LogP contribution in [-0.2, 0) is 23.0 Å². The highest BCUT2D eigenvalue weighted by molar-refractivity contribution is 7.89. The van der Waals surface area contributed by atoms with Crippen LogP contribution in [0.3, 0.4) is 0 Å². The van der Waals surface area contributed by atoms with Gasteiger partial charge in [-0.3, -0.25) is 4.98 Å². The van der Waals surface area contributed by atoms with Gasteiger partial charge in [0, 0.05) is 50.4 Å². The molecule has 178 valence electrons. The van der Waals surface area contributed by atoms with Gasteiger partial charge in [-0.2, -0.15) is 4.31 Å². The van der Waals surface area contributed by atoms with E-state index in [1.165, 1.54) is 24.3 Å². The van der Waals surface area contributed by atoms with Gasteiger partial charge in [-0.15, -0.1) is 0 Å². The molecule has 2 aromatic heterocycles. The standard InChI is InChI=1S/C25H29N5O3S/c1-33-19-9-8-10-20(17-19)34(31,32)30-16-12-22-21(18-30)25(29-14-6-2-3-7-15-29)28-24(27-22)23-11-4-5-13-26-23/h4-5,8-11,13,17H,2-3,6-7,12,14-16,18H2,1H3. The van der Waals surface area contributed by atoms with Crippen molar-refractivity contribution in [2.24, 2.45) is 0 Å². The summed E-state index contributed by atoms with van der Waals surface area (Å²) in [5.74, 6) is 1.97. The van der Waals surface area contributed by atoms with Gasteiger partial charge in [-0.05, 0) is 37.1 Å². The number of benzene rings is 1. The predicted molar refractivity (Wildman–Crippen MR) is 130 cm³/mol. The lowest BCUT2D eigenvalue weighted by atomic mass is 10.1. The van der Waals surface area contributed by atoms with Crippen molar-refractivity contribution in [2.45, 2.75) is 43.5 Å². The lowest BCUT2D eigenvalue weighted by Gasteiger charge is -2.32. The van der Waals surface area contributed by atoms with Crippen LogP contribution in [0, 0.1) is 0 Å². The minimum absolute atomic E-state index is 0.234. The number of anilines is 1. The molecular weight excluding hydrogens is 450 g/mol. The fraction of sp³-hybridized carbons (Fsp3) is 0.400. The van der Waals surface area contributed by atoms with Crippen LogP contribution < -0.4 is 9.64 Å². The maximum Gasteiger partial charge on any atom is 0.243 e. The molecule has 34 heavy (non-hydrogen) atoms. The summed E-state index contributed by atoms with van der Waals surface area (Å²) >= 11 is 0. The third-order valence-electron chi connectivity index (χ3n) is 6.48. The zero-order valence-corrected chi connectivity index (χ0v) is 20.2. The normalized spacial score (nSPS) is 17.1. The first-order valence-corrected chi connectivity index (χ1v) is 13.2. The van der Waals surface area contributed by atoms with E-state index in [9.17, 15) is 8.42 Å². The first-order valence-electron chi connectivity index (χ1n) is 11.8. The highest BCUT2D eigenvalue weighted by Gasteiger charge is 2.33. The van der Waals surface area contributed by atoms with Crippen molar-refractivity contribution in [3.05, 3.63) is 59.9 Å². The van der Waals surface area contributed by atoms with Crippen LogP contribution in [0.25, 0.3) is 11.5 Å². The lowest BCUT2D eigenvalue weighted by Crippen LogP contribution is -2.38. The number of hydrogen-bond donors (Lipinski definition) is 0. The number of ether oxygens (including phenoxy) is 1. The minimum atomic E-state index is -3.69. The Hall–Kier alpha value is -3.04. The van der Waals surface area contributed by atoms with Crippen molar-refractivity contribution in [2.75, 3.05) is 31.6 Å². The summed E-state index contributed by atoms with van der Waals surface area (Å²) < 4.78 is 33.8. The zero-order chi connectivity index (χ0) is 23.5. The Morgan fingerprint density at radius 3 is 2.50 bits per heavy atom. The van der Waals surface area contributed by atoms with E-state index in [0.29, 0.717) is 24.5 Å². The Labute approximate surface area is 200 Å². The van der Waals surface area contributed by atoms with Crippen LogP contribution in [0.15, 0.2) is 53.6 Å². The van der Waals surface area contributed by atoms with Crippen LogP contribution in [-0.4, -0.2) is 54.4 Å². The molecule has 1 saturated heterocycles. The number of sulfonamides is 1. The van der Waals surface area contributed by atoms with Crippen molar-refractivity contribution in [3.8, 4) is 17.3 Å². The summed E-state index contributed by atoms with van der Waals surface area (Å²) in [5, 5.41) is 0. The highest BCUT2D eigenvalue weighted by atomic mass is 32.2. The highest BCUT2D eigenvalue weighted by Crippen LogP contribution is 2.33. The van der Waals surface area contributed by atoms with E-state index in [4.69, 9.17) is 14.7 Å². The summed E-state index contributed by atoms with van der Waals surface area (Å²) in [7, 11) is -2.15. The maximum absolute atomic E-state index is 13.5. The fourth-order valence-corrected chi connectivity index (χ4v) is 6.09. The van der Waals surface area contributed by atoms with Crippen LogP contribution in [0.2, 0.25) is 0 Å². The lowest BCUT2D eigenvalue weighted by molar-refractivity contribution is 0.385. The summed E-state index contributed by atoms with van der Waals surface area (Å²) in [6.45, 7) is 2.44. The molecule has 0 unspecified atom stereocenters. The molecule has 8 nitrogen and oxygen atoms in total. The van der Waals surface area contributed by atoms with Gasteiger partial charge in [0.2, 0.25) is 10.0 Å². The largest absolute Gasteiger partial charge is 0.497 e. The molecule has 3 aromatic rings. The summed E-state index contributed by atoms with van der Waals surface area (Å²) in [6, 6.07) is 12.4. The molecule has 0 radical (unpaired) electrons. The number of aromatic nitrogens is 3. The smallest absolute Gasteiger partial charge is 0.243 e. The Balaban J connectivity index is 1.55. The van der Waals surface area contributed by atoms with E-state index in [2.05, 4.69) is 9.88 Å². The van der Waals surface area contributed by atoms with Gasteiger partial charge in [0.1, 0.15) is 17.3 Å². The minimum Gasteiger partial charge on any atom is -0.497 e. The zero-order valence-electron chi connectivity index (χ0n) is 19.4. The van der Waals surface area contributed by atoms with Crippen LogP contribution in [0.1, 0.15) is 36.9 Å². The molecule has 0 bridgehead atoms. The second-order valence-electron chi connectivity index (χ2n) is 8.68. The van der Waals surface area contributed by atoms with E-state index in [1.807, 2.05) is 18.2 Å². The number of hydrogen-bond acceptors (Lipinski definition) is 7. The van der Waals surface area contributed by atoms with E-state index in [-0.39, 0.29) is 11.4 Å². The van der Waals surface area contributed by atoms with Gasteiger partial charge in [-0.25, -0.2) is 18.4 Å². The average Bonchev–Trinajstić information content (AvgIpc) is 3.18. The molecule has 2 aliphatic rings. The number of pyridine rings is 1. The summed E-state index contributed by atoms with van der Waals surface area (Å²) in [6.07, 6.45) is 6.88. The molecule has 0 spiro atoms. The first-order chi connectivity index (χ1) is 16.6. The average molecular weight is 480 g/mol. The van der Waals surface area contributed by atoms with Crippen LogP contribution >= 0.6 is 0 Å². The van der Waals surface area contributed by atoms with E-state index in [0.717, 1.165) is 48.7 Å². The van der Waals surface area contributed by atoms with Crippen LogP contribution in [0.4, 0.5) is 5.82 Å². The second-order valence-corrected chi connectivity index (χ2v) is 10.6. The molecule has 4 heterocycles. The first kappa shape index (κ1) is 22.7. The van der Waals surface area contributed by atoms with E-state index < -0.39 is 10.0 Å². The van der Waals surface area contributed by atoms with Crippen molar-refractivity contribution in [1.82, 2.24) is 19.3 Å². The summed E-state index contributed by atoms with van der Waals surface area (Å²) in [4.78, 5) is 16.8. The van der Waals surface area contributed by atoms with Gasteiger partial charge in [0.05, 0.1) is 17.7 Å². The molecule has 1 fully saturated rings. The third-order valence-corrected chi connectivity index (χ3v) is 8.32. The molecule has 2 aliphatic heterocycles. The molecule has 0 saturated carbocycles. The quantitative estimate of drug-likeness (QED) is 0.552. The van der Waals surface area contributed by atoms with Crippen LogP contribution in [0.5, 0.6) is 5.75 Å². The van der Waals surface area contributed by atoms with Crippen molar-refractivity contribution >= 4 is 15.8 Å². The molecule has 5 rings (SSSR count). The molecule has 1 aromatic carbocycles. The Kier molecular flexibility index (Phi) is 6.47. The third kappa shape index (κ3) is 4.50. The SMILES string of the molecule is COc1cccc(S(=O)(=O)N2CCc3nc(-c4ccccn4)nc(N4CCCCCC4)c3C2)c1. The Bertz CT molecular complexity index is 1260. The van der Waals surface area contributed by atoms with Crippen molar-refractivity contribution in [3.63, 3.8) is 0 Å². The van der Waals surface area contributed by atoms with Gasteiger partial charge in [0.25, 0.3) is 0 Å². The van der Waals surface area contributed by atoms with Crippen molar-refractivity contribution in [1.29, 1.82) is 0 Å². The fourth-order valence-electron chi connectivity index (χ4n) is 4.64. The van der Waals surface area contributed by atoms with Crippen molar-refractivity contribution < 1.29 is 13.2 Å². The number of methoxy groups -OCH3 is 1. The monoisotopic (exact) mass is 479 g/mol. The Morgan fingerprint density at radius 2 is 1.76 bits per heavy atom. The number of nitrogens with zero attached hydrogens (tertiary/aromatic N) is 5. The van der Waals surface area contributed by atoms with E-state index in [1.54, 1.807) is 30.5 Å². The molecular formula is C25H29N5O3S. The molecule has 0 atom stereocenters. The summed E-state index contributed by atoms with van der Waals surface area (Å²) in [5.41, 5.74) is 2.54. The molecule has 0 aliphatic carbocycles. The molecule has 0 amide bonds. The van der Waals surface area contributed by atoms with E-state index >= 15 is 0 Å². The second kappa shape index (κ2) is 9.68. The predicted octanol–water partition coefficient (Wildman–Crippen LogP) is 3.67. The van der Waals surface area contributed by atoms with Gasteiger partial charge < -0.3 is 9.64 Å². The number of rotatable bonds is 5. The van der Waals surface area contributed by atoms with Gasteiger partial charge >= 0.3 is 0 Å².